The molecular weight excluding hydrogens is 270 g/mol. The van der Waals surface area contributed by atoms with Gasteiger partial charge in [0.1, 0.15) is 5.60 Å². The minimum absolute atomic E-state index is 0.262. The van der Waals surface area contributed by atoms with Gasteiger partial charge in [0.05, 0.1) is 5.56 Å². The maximum Gasteiger partial charge on any atom is 0.407 e. The highest BCUT2D eigenvalue weighted by molar-refractivity contribution is 5.99. The monoisotopic (exact) mass is 293 g/mol. The van der Waals surface area contributed by atoms with Gasteiger partial charge in [-0.15, -0.1) is 0 Å². The third-order valence-electron chi connectivity index (χ3n) is 2.53. The molecule has 0 heterocycles. The Bertz CT molecular complexity index is 521. The number of nitrogen functional groups attached to an aromatic ring is 1. The van der Waals surface area contributed by atoms with Crippen molar-refractivity contribution in [2.24, 2.45) is 0 Å². The fraction of sp³-hybridized carbons (Fsp3) is 0.467. The van der Waals surface area contributed by atoms with Crippen molar-refractivity contribution in [1.29, 1.82) is 0 Å². The van der Waals surface area contributed by atoms with E-state index >= 15 is 0 Å². The van der Waals surface area contributed by atoms with Crippen LogP contribution in [0.15, 0.2) is 18.2 Å². The molecule has 116 valence electrons. The quantitative estimate of drug-likeness (QED) is 0.583. The lowest BCUT2D eigenvalue weighted by molar-refractivity contribution is 0.0526. The SMILES string of the molecule is Cc1ccc(N)c(C(=O)NCCNC(=O)OC(C)(C)C)c1. The summed E-state index contributed by atoms with van der Waals surface area (Å²) in [6, 6.07) is 5.27. The zero-order valence-electron chi connectivity index (χ0n) is 12.9. The van der Waals surface area contributed by atoms with Crippen LogP contribution in [0.1, 0.15) is 36.7 Å². The summed E-state index contributed by atoms with van der Waals surface area (Å²) in [7, 11) is 0. The maximum absolute atomic E-state index is 12.0. The van der Waals surface area contributed by atoms with Crippen molar-refractivity contribution in [2.75, 3.05) is 18.8 Å². The van der Waals surface area contributed by atoms with E-state index in [0.29, 0.717) is 17.8 Å². The van der Waals surface area contributed by atoms with Gasteiger partial charge >= 0.3 is 6.09 Å². The first-order chi connectivity index (χ1) is 9.69. The zero-order valence-corrected chi connectivity index (χ0v) is 12.9. The summed E-state index contributed by atoms with van der Waals surface area (Å²) in [5, 5.41) is 5.26. The first-order valence-electron chi connectivity index (χ1n) is 6.80. The van der Waals surface area contributed by atoms with E-state index in [1.807, 2.05) is 13.0 Å². The number of amides is 2. The Hall–Kier alpha value is -2.24. The van der Waals surface area contributed by atoms with E-state index < -0.39 is 11.7 Å². The molecule has 4 N–H and O–H groups in total. The van der Waals surface area contributed by atoms with Crippen LogP contribution in [0.25, 0.3) is 0 Å². The third kappa shape index (κ3) is 6.16. The van der Waals surface area contributed by atoms with Gasteiger partial charge in [0.15, 0.2) is 0 Å². The van der Waals surface area contributed by atoms with E-state index in [4.69, 9.17) is 10.5 Å². The number of alkyl carbamates (subject to hydrolysis) is 1. The average Bonchev–Trinajstić information content (AvgIpc) is 2.35. The fourth-order valence-electron chi connectivity index (χ4n) is 1.62. The van der Waals surface area contributed by atoms with E-state index in [1.54, 1.807) is 32.9 Å². The second kappa shape index (κ2) is 6.97. The average molecular weight is 293 g/mol. The smallest absolute Gasteiger partial charge is 0.407 e. The molecule has 21 heavy (non-hydrogen) atoms. The predicted molar refractivity (Wildman–Crippen MR) is 82.2 cm³/mol. The molecule has 0 saturated heterocycles. The summed E-state index contributed by atoms with van der Waals surface area (Å²) >= 11 is 0. The number of nitrogens with two attached hydrogens (primary N) is 1. The Morgan fingerprint density at radius 2 is 1.81 bits per heavy atom. The molecule has 0 aliphatic rings. The van der Waals surface area contributed by atoms with E-state index in [0.717, 1.165) is 5.56 Å². The number of carbonyl (C=O) groups is 2. The van der Waals surface area contributed by atoms with Gasteiger partial charge in [-0.1, -0.05) is 11.6 Å². The molecule has 1 aromatic carbocycles. The van der Waals surface area contributed by atoms with Crippen molar-refractivity contribution in [3.63, 3.8) is 0 Å². The van der Waals surface area contributed by atoms with Gasteiger partial charge in [-0.2, -0.15) is 0 Å². The summed E-state index contributed by atoms with van der Waals surface area (Å²) < 4.78 is 5.08. The number of benzene rings is 1. The standard InChI is InChI=1S/C15H23N3O3/c1-10-5-6-12(16)11(9-10)13(19)17-7-8-18-14(20)21-15(2,3)4/h5-6,9H,7-8,16H2,1-4H3,(H,17,19)(H,18,20). The molecule has 0 bridgehead atoms. The van der Waals surface area contributed by atoms with Crippen molar-refractivity contribution in [1.82, 2.24) is 10.6 Å². The van der Waals surface area contributed by atoms with Crippen LogP contribution in [-0.4, -0.2) is 30.7 Å². The minimum Gasteiger partial charge on any atom is -0.444 e. The molecule has 6 nitrogen and oxygen atoms in total. The summed E-state index contributed by atoms with van der Waals surface area (Å²) in [6.07, 6.45) is -0.508. The second-order valence-electron chi connectivity index (χ2n) is 5.78. The van der Waals surface area contributed by atoms with Crippen LogP contribution in [0, 0.1) is 6.92 Å². The molecule has 1 aromatic rings. The third-order valence-corrected chi connectivity index (χ3v) is 2.53. The molecule has 0 aromatic heterocycles. The van der Waals surface area contributed by atoms with Crippen LogP contribution in [-0.2, 0) is 4.74 Å². The fourth-order valence-corrected chi connectivity index (χ4v) is 1.62. The molecule has 0 atom stereocenters. The number of hydrogen-bond donors (Lipinski definition) is 3. The topological polar surface area (TPSA) is 93.5 Å². The molecule has 0 spiro atoms. The molecule has 1 rings (SSSR count). The molecule has 0 radical (unpaired) electrons. The van der Waals surface area contributed by atoms with Crippen LogP contribution in [0.2, 0.25) is 0 Å². The lowest BCUT2D eigenvalue weighted by Gasteiger charge is -2.19. The van der Waals surface area contributed by atoms with Gasteiger partial charge < -0.3 is 21.1 Å². The molecule has 0 aliphatic carbocycles. The van der Waals surface area contributed by atoms with Gasteiger partial charge in [-0.3, -0.25) is 4.79 Å². The van der Waals surface area contributed by atoms with Crippen molar-refractivity contribution < 1.29 is 14.3 Å². The van der Waals surface area contributed by atoms with Gasteiger partial charge in [-0.05, 0) is 39.8 Å². The Balaban J connectivity index is 2.38. The zero-order chi connectivity index (χ0) is 16.0. The molecule has 0 saturated carbocycles. The lowest BCUT2D eigenvalue weighted by atomic mass is 10.1. The molecular formula is C15H23N3O3. The van der Waals surface area contributed by atoms with Gasteiger partial charge in [0, 0.05) is 18.8 Å². The number of aryl methyl sites for hydroxylation is 1. The van der Waals surface area contributed by atoms with Crippen molar-refractivity contribution in [2.45, 2.75) is 33.3 Å². The first-order valence-corrected chi connectivity index (χ1v) is 6.80. The van der Waals surface area contributed by atoms with Gasteiger partial charge in [0.25, 0.3) is 5.91 Å². The summed E-state index contributed by atoms with van der Waals surface area (Å²) in [6.45, 7) is 7.83. The highest BCUT2D eigenvalue weighted by Gasteiger charge is 2.15. The number of nitrogens with one attached hydrogen (secondary N) is 2. The van der Waals surface area contributed by atoms with Gasteiger partial charge in [0.2, 0.25) is 0 Å². The summed E-state index contributed by atoms with van der Waals surface area (Å²) in [4.78, 5) is 23.4. The van der Waals surface area contributed by atoms with Crippen molar-refractivity contribution >= 4 is 17.7 Å². The van der Waals surface area contributed by atoms with Crippen molar-refractivity contribution in [3.8, 4) is 0 Å². The number of carbonyl (C=O) groups excluding carboxylic acids is 2. The Morgan fingerprint density at radius 3 is 2.43 bits per heavy atom. The largest absolute Gasteiger partial charge is 0.444 e. The highest BCUT2D eigenvalue weighted by Crippen LogP contribution is 2.13. The molecule has 0 unspecified atom stereocenters. The van der Waals surface area contributed by atoms with Gasteiger partial charge in [-0.25, -0.2) is 4.79 Å². The molecule has 6 heteroatoms. The van der Waals surface area contributed by atoms with E-state index in [-0.39, 0.29) is 12.5 Å². The van der Waals surface area contributed by atoms with Crippen LogP contribution in [0.3, 0.4) is 0 Å². The molecule has 2 amide bonds. The maximum atomic E-state index is 12.0. The number of hydrogen-bond acceptors (Lipinski definition) is 4. The van der Waals surface area contributed by atoms with E-state index in [9.17, 15) is 9.59 Å². The number of ether oxygens (including phenoxy) is 1. The second-order valence-corrected chi connectivity index (χ2v) is 5.78. The number of anilines is 1. The first kappa shape index (κ1) is 16.8. The van der Waals surface area contributed by atoms with E-state index in [2.05, 4.69) is 10.6 Å². The molecule has 0 aliphatic heterocycles. The van der Waals surface area contributed by atoms with Crippen molar-refractivity contribution in [3.05, 3.63) is 29.3 Å². The number of rotatable bonds is 4. The highest BCUT2D eigenvalue weighted by atomic mass is 16.6. The Kier molecular flexibility index (Phi) is 5.58. The normalized spacial score (nSPS) is 10.9. The minimum atomic E-state index is -0.538. The predicted octanol–water partition coefficient (Wildman–Crippen LogP) is 1.83. The lowest BCUT2D eigenvalue weighted by Crippen LogP contribution is -2.38. The van der Waals surface area contributed by atoms with E-state index in [1.165, 1.54) is 0 Å². The van der Waals surface area contributed by atoms with Crippen LogP contribution < -0.4 is 16.4 Å². The van der Waals surface area contributed by atoms with Crippen LogP contribution in [0.5, 0.6) is 0 Å². The Morgan fingerprint density at radius 1 is 1.19 bits per heavy atom. The summed E-state index contributed by atoms with van der Waals surface area (Å²) in [5.41, 5.74) is 7.05. The van der Waals surface area contributed by atoms with Crippen LogP contribution >= 0.6 is 0 Å². The Labute approximate surface area is 125 Å². The van der Waals surface area contributed by atoms with Crippen LogP contribution in [0.4, 0.5) is 10.5 Å². The summed E-state index contributed by atoms with van der Waals surface area (Å²) in [5.74, 6) is -0.262. The molecule has 0 fully saturated rings.